The van der Waals surface area contributed by atoms with E-state index in [0.29, 0.717) is 31.6 Å². The summed E-state index contributed by atoms with van der Waals surface area (Å²) in [5.41, 5.74) is 1.83. The zero-order chi connectivity index (χ0) is 18.3. The van der Waals surface area contributed by atoms with Gasteiger partial charge in [-0.05, 0) is 31.2 Å². The van der Waals surface area contributed by atoms with Gasteiger partial charge < -0.3 is 0 Å². The van der Waals surface area contributed by atoms with Crippen molar-refractivity contribution in [2.45, 2.75) is 17.0 Å². The molecule has 0 atom stereocenters. The van der Waals surface area contributed by atoms with Gasteiger partial charge in [-0.15, -0.1) is 10.2 Å². The fourth-order valence-electron chi connectivity index (χ4n) is 2.39. The summed E-state index contributed by atoms with van der Waals surface area (Å²) in [5, 5.41) is 16.0. The molecule has 2 heterocycles. The van der Waals surface area contributed by atoms with Gasteiger partial charge in [0.15, 0.2) is 5.82 Å². The number of benzene rings is 2. The molecule has 0 saturated heterocycles. The summed E-state index contributed by atoms with van der Waals surface area (Å²) in [6.45, 7) is 2.07. The first kappa shape index (κ1) is 18.2. The Kier molecular flexibility index (Phi) is 5.21. The Labute approximate surface area is 173 Å². The molecule has 26 heavy (non-hydrogen) atoms. The SMILES string of the molecule is Cc1ccc(SC2=Nn3c(nnc3-c3cc(Cl)cc(Cl)c3Cl)SC2)cc1. The first-order valence-electron chi connectivity index (χ1n) is 7.57. The standard InChI is InChI=1S/C17H11Cl3N4S2/c1-9-2-4-11(5-3-9)26-14-8-25-17-22-21-16(24(17)23-14)12-6-10(18)7-13(19)15(12)20/h2-7H,8H2,1H3. The minimum atomic E-state index is 0.369. The molecule has 0 amide bonds. The maximum Gasteiger partial charge on any atom is 0.212 e. The van der Waals surface area contributed by atoms with Gasteiger partial charge in [0.05, 0.1) is 15.8 Å². The number of hydrogen-bond acceptors (Lipinski definition) is 5. The van der Waals surface area contributed by atoms with E-state index in [4.69, 9.17) is 39.9 Å². The molecule has 9 heteroatoms. The summed E-state index contributed by atoms with van der Waals surface area (Å²) in [4.78, 5) is 1.14. The van der Waals surface area contributed by atoms with Crippen LogP contribution in [0.5, 0.6) is 0 Å². The van der Waals surface area contributed by atoms with E-state index in [1.54, 1.807) is 40.3 Å². The summed E-state index contributed by atoms with van der Waals surface area (Å²) in [6.07, 6.45) is 0. The molecule has 1 aliphatic heterocycles. The molecule has 4 nitrogen and oxygen atoms in total. The fourth-order valence-corrected chi connectivity index (χ4v) is 4.82. The Morgan fingerprint density at radius 3 is 2.62 bits per heavy atom. The second-order valence-electron chi connectivity index (χ2n) is 5.56. The molecule has 1 aromatic heterocycles. The molecule has 0 spiro atoms. The molecule has 4 rings (SSSR count). The second kappa shape index (κ2) is 7.44. The molecule has 0 unspecified atom stereocenters. The predicted octanol–water partition coefficient (Wildman–Crippen LogP) is 6.27. The second-order valence-corrected chi connectivity index (χ2v) is 8.88. The van der Waals surface area contributed by atoms with Gasteiger partial charge >= 0.3 is 0 Å². The van der Waals surface area contributed by atoms with Crippen molar-refractivity contribution in [1.82, 2.24) is 14.9 Å². The van der Waals surface area contributed by atoms with Gasteiger partial charge in [0.25, 0.3) is 0 Å². The molecule has 0 saturated carbocycles. The molecule has 3 aromatic rings. The third-order valence-corrected chi connectivity index (χ3v) is 6.74. The van der Waals surface area contributed by atoms with Crippen LogP contribution in [0.2, 0.25) is 15.1 Å². The van der Waals surface area contributed by atoms with Crippen molar-refractivity contribution in [2.75, 3.05) is 5.75 Å². The van der Waals surface area contributed by atoms with E-state index in [9.17, 15) is 0 Å². The fraction of sp³-hybridized carbons (Fsp3) is 0.118. The van der Waals surface area contributed by atoms with Gasteiger partial charge in [0.1, 0.15) is 5.04 Å². The maximum absolute atomic E-state index is 6.35. The van der Waals surface area contributed by atoms with E-state index >= 15 is 0 Å². The number of fused-ring (bicyclic) bond motifs is 1. The van der Waals surface area contributed by atoms with Crippen molar-refractivity contribution in [3.63, 3.8) is 0 Å². The van der Waals surface area contributed by atoms with E-state index in [1.807, 2.05) is 0 Å². The predicted molar refractivity (Wildman–Crippen MR) is 111 cm³/mol. The largest absolute Gasteiger partial charge is 0.212 e. The number of nitrogens with zero attached hydrogens (tertiary/aromatic N) is 4. The Balaban J connectivity index is 1.72. The molecule has 0 fully saturated rings. The third-order valence-electron chi connectivity index (χ3n) is 3.64. The highest BCUT2D eigenvalue weighted by Gasteiger charge is 2.23. The summed E-state index contributed by atoms with van der Waals surface area (Å²) >= 11 is 21.8. The first-order valence-corrected chi connectivity index (χ1v) is 10.5. The minimum Gasteiger partial charge on any atom is -0.186 e. The summed E-state index contributed by atoms with van der Waals surface area (Å²) in [5.74, 6) is 1.25. The number of hydrogen-bond donors (Lipinski definition) is 0. The molecule has 2 aromatic carbocycles. The zero-order valence-corrected chi connectivity index (χ0v) is 17.3. The van der Waals surface area contributed by atoms with E-state index in [-0.39, 0.29) is 0 Å². The molecule has 1 aliphatic rings. The third kappa shape index (κ3) is 3.62. The lowest BCUT2D eigenvalue weighted by Crippen LogP contribution is -2.09. The number of halogens is 3. The van der Waals surface area contributed by atoms with Crippen LogP contribution in [0.25, 0.3) is 11.4 Å². The lowest BCUT2D eigenvalue weighted by Gasteiger charge is -2.14. The van der Waals surface area contributed by atoms with Crippen LogP contribution in [0.4, 0.5) is 0 Å². The highest BCUT2D eigenvalue weighted by Crippen LogP contribution is 2.38. The van der Waals surface area contributed by atoms with Crippen LogP contribution in [-0.2, 0) is 0 Å². The topological polar surface area (TPSA) is 43.1 Å². The smallest absolute Gasteiger partial charge is 0.186 e. The average molecular weight is 442 g/mol. The number of thioether (sulfide) groups is 2. The number of aryl methyl sites for hydroxylation is 1. The first-order chi connectivity index (χ1) is 12.5. The van der Waals surface area contributed by atoms with Crippen molar-refractivity contribution in [3.8, 4) is 11.4 Å². The van der Waals surface area contributed by atoms with Gasteiger partial charge in [-0.2, -0.15) is 9.78 Å². The molecule has 0 aliphatic carbocycles. The van der Waals surface area contributed by atoms with Gasteiger partial charge in [0.2, 0.25) is 5.16 Å². The summed E-state index contributed by atoms with van der Waals surface area (Å²) in [7, 11) is 0. The van der Waals surface area contributed by atoms with Crippen LogP contribution in [0.3, 0.4) is 0 Å². The van der Waals surface area contributed by atoms with E-state index < -0.39 is 0 Å². The van der Waals surface area contributed by atoms with Crippen LogP contribution in [0.15, 0.2) is 51.6 Å². The number of rotatable bonds is 2. The molecule has 0 bridgehead atoms. The highest BCUT2D eigenvalue weighted by atomic mass is 35.5. The molecule has 0 radical (unpaired) electrons. The van der Waals surface area contributed by atoms with E-state index in [2.05, 4.69) is 41.4 Å². The monoisotopic (exact) mass is 440 g/mol. The molecular weight excluding hydrogens is 431 g/mol. The maximum atomic E-state index is 6.35. The van der Waals surface area contributed by atoms with Crippen LogP contribution in [-0.4, -0.2) is 25.7 Å². The zero-order valence-electron chi connectivity index (χ0n) is 13.4. The van der Waals surface area contributed by atoms with Crippen LogP contribution in [0.1, 0.15) is 5.56 Å². The minimum absolute atomic E-state index is 0.369. The quantitative estimate of drug-likeness (QED) is 0.439. The van der Waals surface area contributed by atoms with E-state index in [0.717, 1.165) is 15.7 Å². The average Bonchev–Trinajstić information content (AvgIpc) is 3.03. The van der Waals surface area contributed by atoms with Gasteiger partial charge in [-0.3, -0.25) is 0 Å². The lowest BCUT2D eigenvalue weighted by atomic mass is 10.2. The van der Waals surface area contributed by atoms with E-state index in [1.165, 1.54) is 5.56 Å². The molecular formula is C17H11Cl3N4S2. The molecule has 132 valence electrons. The normalized spacial score (nSPS) is 13.5. The van der Waals surface area contributed by atoms with Crippen molar-refractivity contribution >= 4 is 63.4 Å². The van der Waals surface area contributed by atoms with Gasteiger partial charge in [-0.1, -0.05) is 76.0 Å². The van der Waals surface area contributed by atoms with Crippen molar-refractivity contribution in [3.05, 3.63) is 57.0 Å². The summed E-state index contributed by atoms with van der Waals surface area (Å²) < 4.78 is 1.69. The Hall–Kier alpha value is -1.18. The van der Waals surface area contributed by atoms with Crippen molar-refractivity contribution in [1.29, 1.82) is 0 Å². The summed E-state index contributed by atoms with van der Waals surface area (Å²) in [6, 6.07) is 11.7. The Bertz CT molecular complexity index is 1020. The molecule has 0 N–H and O–H groups in total. The lowest BCUT2D eigenvalue weighted by molar-refractivity contribution is 0.765. The van der Waals surface area contributed by atoms with Crippen LogP contribution < -0.4 is 0 Å². The Morgan fingerprint density at radius 2 is 1.85 bits per heavy atom. The van der Waals surface area contributed by atoms with Gasteiger partial charge in [0, 0.05) is 15.5 Å². The van der Waals surface area contributed by atoms with Gasteiger partial charge in [-0.25, -0.2) is 0 Å². The van der Waals surface area contributed by atoms with Crippen LogP contribution >= 0.6 is 58.3 Å². The van der Waals surface area contributed by atoms with Crippen molar-refractivity contribution in [2.24, 2.45) is 5.10 Å². The Morgan fingerprint density at radius 1 is 1.08 bits per heavy atom. The highest BCUT2D eigenvalue weighted by molar-refractivity contribution is 8.16. The van der Waals surface area contributed by atoms with Crippen molar-refractivity contribution < 1.29 is 0 Å². The number of aromatic nitrogens is 3. The van der Waals surface area contributed by atoms with Crippen LogP contribution in [0, 0.1) is 6.92 Å².